The molecule has 1 atom stereocenters. The molecule has 4 heteroatoms. The Labute approximate surface area is 111 Å². The molecular weight excluding hydrogens is 226 g/mol. The summed E-state index contributed by atoms with van der Waals surface area (Å²) in [5, 5.41) is 3.34. The van der Waals surface area contributed by atoms with Crippen molar-refractivity contribution in [1.29, 1.82) is 0 Å². The molecule has 0 aromatic heterocycles. The van der Waals surface area contributed by atoms with E-state index < -0.39 is 0 Å². The average molecular weight is 253 g/mol. The predicted octanol–water partition coefficient (Wildman–Crippen LogP) is 1.07. The van der Waals surface area contributed by atoms with E-state index in [0.29, 0.717) is 5.91 Å². The first kappa shape index (κ1) is 13.8. The third-order valence-corrected chi connectivity index (χ3v) is 4.04. The van der Waals surface area contributed by atoms with Crippen molar-refractivity contribution in [3.8, 4) is 0 Å². The Kier molecular flexibility index (Phi) is 5.45. The zero-order chi connectivity index (χ0) is 12.8. The molecular formula is C14H27N3O. The Morgan fingerprint density at radius 3 is 2.72 bits per heavy atom. The highest BCUT2D eigenvalue weighted by Crippen LogP contribution is 2.13. The fourth-order valence-electron chi connectivity index (χ4n) is 2.96. The minimum absolute atomic E-state index is 0.0942. The first-order chi connectivity index (χ1) is 8.81. The molecule has 2 rings (SSSR count). The van der Waals surface area contributed by atoms with Gasteiger partial charge in [-0.2, -0.15) is 0 Å². The molecule has 2 heterocycles. The molecule has 1 amide bonds. The van der Waals surface area contributed by atoms with Crippen LogP contribution in [0.3, 0.4) is 0 Å². The minimum atomic E-state index is 0.0942. The fraction of sp³-hybridized carbons (Fsp3) is 0.929. The Bertz CT molecular complexity index is 264. The zero-order valence-corrected chi connectivity index (χ0v) is 11.7. The molecule has 2 saturated heterocycles. The van der Waals surface area contributed by atoms with E-state index in [1.54, 1.807) is 0 Å². The summed E-state index contributed by atoms with van der Waals surface area (Å²) in [6.07, 6.45) is 5.92. The number of hydrogen-bond donors (Lipinski definition) is 1. The van der Waals surface area contributed by atoms with Gasteiger partial charge in [0.1, 0.15) is 0 Å². The van der Waals surface area contributed by atoms with E-state index in [0.717, 1.165) is 45.4 Å². The highest BCUT2D eigenvalue weighted by molar-refractivity contribution is 5.83. The lowest BCUT2D eigenvalue weighted by Crippen LogP contribution is -2.39. The third kappa shape index (κ3) is 3.69. The second-order valence-corrected chi connectivity index (χ2v) is 5.52. The molecule has 1 N–H and O–H groups in total. The van der Waals surface area contributed by atoms with Gasteiger partial charge in [0.15, 0.2) is 0 Å². The Morgan fingerprint density at radius 2 is 2.00 bits per heavy atom. The van der Waals surface area contributed by atoms with Gasteiger partial charge in [0, 0.05) is 13.1 Å². The molecule has 2 fully saturated rings. The van der Waals surface area contributed by atoms with Gasteiger partial charge in [0.05, 0.1) is 6.04 Å². The molecule has 2 aliphatic rings. The normalized spacial score (nSPS) is 25.3. The summed E-state index contributed by atoms with van der Waals surface area (Å²) in [5.74, 6) is 0.324. The highest BCUT2D eigenvalue weighted by atomic mass is 16.2. The molecule has 2 aliphatic heterocycles. The van der Waals surface area contributed by atoms with Crippen LogP contribution in [0.15, 0.2) is 0 Å². The van der Waals surface area contributed by atoms with Crippen LogP contribution in [0.4, 0.5) is 0 Å². The number of amides is 1. The molecule has 4 nitrogen and oxygen atoms in total. The van der Waals surface area contributed by atoms with E-state index in [2.05, 4.69) is 17.1 Å². The molecule has 0 aromatic carbocycles. The van der Waals surface area contributed by atoms with Crippen LogP contribution in [0.25, 0.3) is 0 Å². The maximum Gasteiger partial charge on any atom is 0.239 e. The maximum absolute atomic E-state index is 12.1. The van der Waals surface area contributed by atoms with E-state index in [1.165, 1.54) is 25.9 Å². The van der Waals surface area contributed by atoms with Gasteiger partial charge < -0.3 is 15.1 Å². The summed E-state index contributed by atoms with van der Waals surface area (Å²) < 4.78 is 0. The average Bonchev–Trinajstić information content (AvgIpc) is 2.99. The number of nitrogens with one attached hydrogen (secondary N) is 1. The number of rotatable bonds is 7. The summed E-state index contributed by atoms with van der Waals surface area (Å²) in [7, 11) is 0. The monoisotopic (exact) mass is 253 g/mol. The summed E-state index contributed by atoms with van der Waals surface area (Å²) in [4.78, 5) is 16.7. The predicted molar refractivity (Wildman–Crippen MR) is 73.6 cm³/mol. The van der Waals surface area contributed by atoms with Gasteiger partial charge in [0.2, 0.25) is 5.91 Å². The number of likely N-dealkylation sites (tertiary alicyclic amines) is 2. The van der Waals surface area contributed by atoms with Crippen molar-refractivity contribution < 1.29 is 4.79 Å². The van der Waals surface area contributed by atoms with Crippen molar-refractivity contribution in [2.45, 2.75) is 45.1 Å². The van der Waals surface area contributed by atoms with Crippen LogP contribution >= 0.6 is 0 Å². The van der Waals surface area contributed by atoms with Crippen LogP contribution in [0.2, 0.25) is 0 Å². The smallest absolute Gasteiger partial charge is 0.239 e. The molecule has 1 unspecified atom stereocenters. The first-order valence-corrected chi connectivity index (χ1v) is 7.56. The highest BCUT2D eigenvalue weighted by Gasteiger charge is 2.30. The maximum atomic E-state index is 12.1. The molecule has 0 spiro atoms. The topological polar surface area (TPSA) is 35.6 Å². The Balaban J connectivity index is 1.62. The van der Waals surface area contributed by atoms with Gasteiger partial charge in [-0.25, -0.2) is 0 Å². The minimum Gasteiger partial charge on any atom is -0.341 e. The Morgan fingerprint density at radius 1 is 1.22 bits per heavy atom. The standard InChI is InChI=1S/C14H27N3O/c1-2-7-15-13-6-12-17(14(13)18)11-5-10-16-8-3-4-9-16/h13,15H,2-12H2,1H3. The van der Waals surface area contributed by atoms with E-state index in [1.807, 2.05) is 4.90 Å². The van der Waals surface area contributed by atoms with Gasteiger partial charge >= 0.3 is 0 Å². The van der Waals surface area contributed by atoms with Crippen LogP contribution in [0.1, 0.15) is 39.0 Å². The van der Waals surface area contributed by atoms with Gasteiger partial charge in [-0.1, -0.05) is 6.92 Å². The van der Waals surface area contributed by atoms with Crippen molar-refractivity contribution in [2.75, 3.05) is 39.3 Å². The molecule has 0 saturated carbocycles. The SMILES string of the molecule is CCCNC1CCN(CCCN2CCCC2)C1=O. The quantitative estimate of drug-likeness (QED) is 0.737. The van der Waals surface area contributed by atoms with Gasteiger partial charge in [0.25, 0.3) is 0 Å². The summed E-state index contributed by atoms with van der Waals surface area (Å²) in [5.41, 5.74) is 0. The van der Waals surface area contributed by atoms with Gasteiger partial charge in [-0.05, 0) is 58.3 Å². The van der Waals surface area contributed by atoms with Crippen molar-refractivity contribution in [1.82, 2.24) is 15.1 Å². The zero-order valence-electron chi connectivity index (χ0n) is 11.7. The molecule has 0 aliphatic carbocycles. The summed E-state index contributed by atoms with van der Waals surface area (Å²) in [6.45, 7) is 8.66. The van der Waals surface area contributed by atoms with Crippen LogP contribution in [0.5, 0.6) is 0 Å². The molecule has 0 radical (unpaired) electrons. The van der Waals surface area contributed by atoms with Crippen molar-refractivity contribution >= 4 is 5.91 Å². The van der Waals surface area contributed by atoms with E-state index in [4.69, 9.17) is 0 Å². The van der Waals surface area contributed by atoms with E-state index in [9.17, 15) is 4.79 Å². The number of carbonyl (C=O) groups excluding carboxylic acids is 1. The van der Waals surface area contributed by atoms with Crippen molar-refractivity contribution in [2.24, 2.45) is 0 Å². The Hall–Kier alpha value is -0.610. The second-order valence-electron chi connectivity index (χ2n) is 5.52. The van der Waals surface area contributed by atoms with Gasteiger partial charge in [-0.3, -0.25) is 4.79 Å². The molecule has 0 bridgehead atoms. The fourth-order valence-corrected chi connectivity index (χ4v) is 2.96. The van der Waals surface area contributed by atoms with Crippen LogP contribution < -0.4 is 5.32 Å². The largest absolute Gasteiger partial charge is 0.341 e. The molecule has 18 heavy (non-hydrogen) atoms. The van der Waals surface area contributed by atoms with Crippen LogP contribution in [0, 0.1) is 0 Å². The van der Waals surface area contributed by atoms with E-state index >= 15 is 0 Å². The lowest BCUT2D eigenvalue weighted by atomic mass is 10.2. The second kappa shape index (κ2) is 7.10. The van der Waals surface area contributed by atoms with Crippen molar-refractivity contribution in [3.63, 3.8) is 0 Å². The number of hydrogen-bond acceptors (Lipinski definition) is 3. The van der Waals surface area contributed by atoms with E-state index in [-0.39, 0.29) is 6.04 Å². The number of nitrogens with zero attached hydrogens (tertiary/aromatic N) is 2. The van der Waals surface area contributed by atoms with Crippen LogP contribution in [-0.2, 0) is 4.79 Å². The summed E-state index contributed by atoms with van der Waals surface area (Å²) >= 11 is 0. The van der Waals surface area contributed by atoms with Crippen molar-refractivity contribution in [3.05, 3.63) is 0 Å². The third-order valence-electron chi connectivity index (χ3n) is 4.04. The molecule has 104 valence electrons. The van der Waals surface area contributed by atoms with Gasteiger partial charge in [-0.15, -0.1) is 0 Å². The number of carbonyl (C=O) groups is 1. The first-order valence-electron chi connectivity index (χ1n) is 7.56. The lowest BCUT2D eigenvalue weighted by Gasteiger charge is -2.19. The molecule has 0 aromatic rings. The summed E-state index contributed by atoms with van der Waals surface area (Å²) in [6, 6.07) is 0.0942. The van der Waals surface area contributed by atoms with Crippen LogP contribution in [-0.4, -0.2) is 61.0 Å². The lowest BCUT2D eigenvalue weighted by molar-refractivity contribution is -0.129.